The SMILES string of the molecule is CCC[C@H](CCC(C)=O)[C@@H](CC)c1ccccc1C.[B]C. The minimum absolute atomic E-state index is 0.320. The molecule has 1 rings (SSSR count). The molecular weight excluding hydrogens is 255 g/mol. The van der Waals surface area contributed by atoms with Crippen molar-refractivity contribution in [2.24, 2.45) is 5.92 Å². The van der Waals surface area contributed by atoms with Crippen LogP contribution < -0.4 is 0 Å². The number of carbonyl (C=O) groups excluding carboxylic acids is 1. The predicted octanol–water partition coefficient (Wildman–Crippen LogP) is 5.48. The highest BCUT2D eigenvalue weighted by atomic mass is 16.1. The van der Waals surface area contributed by atoms with Crippen LogP contribution >= 0.6 is 0 Å². The lowest BCUT2D eigenvalue weighted by Gasteiger charge is -2.27. The highest BCUT2D eigenvalue weighted by Gasteiger charge is 2.22. The molecule has 0 aliphatic heterocycles. The van der Waals surface area contributed by atoms with Crippen molar-refractivity contribution in [1.82, 2.24) is 0 Å². The normalized spacial score (nSPS) is 13.0. The number of carbonyl (C=O) groups is 1. The maximum atomic E-state index is 11.3. The molecule has 0 saturated heterocycles. The Kier molecular flexibility index (Phi) is 11.0. The first-order chi connectivity index (χ1) is 10.1. The van der Waals surface area contributed by atoms with Gasteiger partial charge in [-0.1, -0.05) is 57.8 Å². The van der Waals surface area contributed by atoms with Gasteiger partial charge in [0.1, 0.15) is 5.78 Å². The Balaban J connectivity index is 0.00000191. The molecule has 0 bridgehead atoms. The Bertz CT molecular complexity index is 400. The summed E-state index contributed by atoms with van der Waals surface area (Å²) in [7, 11) is 4.50. The van der Waals surface area contributed by atoms with E-state index < -0.39 is 0 Å². The number of Topliss-reactive ketones (excluding diaryl/α,β-unsaturated/α-hetero) is 1. The molecule has 0 heterocycles. The maximum Gasteiger partial charge on any atom is 0.129 e. The standard InChI is InChI=1S/C18H28O.CH3B/c1-5-9-16(13-12-15(4)19)17(6-2)18-11-8-7-10-14(18)3;1-2/h7-8,10-11,16-17H,5-6,9,12-13H2,1-4H3;1H3/t16-,17-;/m1./s1. The van der Waals surface area contributed by atoms with Crippen molar-refractivity contribution < 1.29 is 4.79 Å². The third kappa shape index (κ3) is 6.97. The lowest BCUT2D eigenvalue weighted by molar-refractivity contribution is -0.117. The van der Waals surface area contributed by atoms with E-state index in [1.165, 1.54) is 30.8 Å². The zero-order chi connectivity index (χ0) is 16.3. The quantitative estimate of drug-likeness (QED) is 0.578. The van der Waals surface area contributed by atoms with Crippen LogP contribution in [0.2, 0.25) is 6.82 Å². The Morgan fingerprint density at radius 2 is 1.76 bits per heavy atom. The fourth-order valence-electron chi connectivity index (χ4n) is 3.12. The molecule has 0 aliphatic carbocycles. The highest BCUT2D eigenvalue weighted by molar-refractivity contribution is 6.05. The van der Waals surface area contributed by atoms with Crippen LogP contribution in [-0.2, 0) is 4.79 Å². The molecule has 2 atom stereocenters. The monoisotopic (exact) mass is 286 g/mol. The van der Waals surface area contributed by atoms with Gasteiger partial charge >= 0.3 is 0 Å². The van der Waals surface area contributed by atoms with Crippen LogP contribution in [-0.4, -0.2) is 13.6 Å². The van der Waals surface area contributed by atoms with E-state index in [9.17, 15) is 4.79 Å². The van der Waals surface area contributed by atoms with E-state index in [4.69, 9.17) is 0 Å². The molecule has 1 nitrogen and oxygen atoms in total. The molecule has 0 fully saturated rings. The van der Waals surface area contributed by atoms with Gasteiger partial charge < -0.3 is 4.79 Å². The van der Waals surface area contributed by atoms with Crippen molar-refractivity contribution in [3.05, 3.63) is 35.4 Å². The van der Waals surface area contributed by atoms with E-state index in [2.05, 4.69) is 52.9 Å². The maximum absolute atomic E-state index is 11.3. The summed E-state index contributed by atoms with van der Waals surface area (Å²) in [5, 5.41) is 0. The first-order valence-corrected chi connectivity index (χ1v) is 8.22. The third-order valence-corrected chi connectivity index (χ3v) is 4.12. The second kappa shape index (κ2) is 11.6. The zero-order valence-corrected chi connectivity index (χ0v) is 14.5. The first-order valence-electron chi connectivity index (χ1n) is 8.22. The fourth-order valence-corrected chi connectivity index (χ4v) is 3.12. The van der Waals surface area contributed by atoms with Crippen molar-refractivity contribution in [3.8, 4) is 0 Å². The molecule has 0 saturated carbocycles. The van der Waals surface area contributed by atoms with Crippen LogP contribution in [0.1, 0.15) is 69.9 Å². The Morgan fingerprint density at radius 1 is 1.14 bits per heavy atom. The second-order valence-corrected chi connectivity index (χ2v) is 5.66. The summed E-state index contributed by atoms with van der Waals surface area (Å²) in [6.45, 7) is 9.92. The number of ketones is 1. The van der Waals surface area contributed by atoms with Crippen molar-refractivity contribution in [2.45, 2.75) is 72.5 Å². The Morgan fingerprint density at radius 3 is 2.24 bits per heavy atom. The summed E-state index contributed by atoms with van der Waals surface area (Å²) in [4.78, 5) is 11.3. The van der Waals surface area contributed by atoms with Gasteiger partial charge in [0, 0.05) is 6.42 Å². The molecule has 0 unspecified atom stereocenters. The average molecular weight is 286 g/mol. The lowest BCUT2D eigenvalue weighted by Crippen LogP contribution is -2.15. The predicted molar refractivity (Wildman–Crippen MR) is 94.1 cm³/mol. The van der Waals surface area contributed by atoms with Gasteiger partial charge in [-0.05, 0) is 49.7 Å². The molecule has 0 aromatic heterocycles. The molecular formula is C19H31BO. The molecule has 0 aliphatic rings. The number of rotatable bonds is 8. The van der Waals surface area contributed by atoms with Crippen molar-refractivity contribution in [3.63, 3.8) is 0 Å². The van der Waals surface area contributed by atoms with Crippen molar-refractivity contribution in [1.29, 1.82) is 0 Å². The summed E-state index contributed by atoms with van der Waals surface area (Å²) >= 11 is 0. The van der Waals surface area contributed by atoms with Gasteiger partial charge in [-0.25, -0.2) is 0 Å². The first kappa shape index (κ1) is 20.0. The fraction of sp³-hybridized carbons (Fsp3) is 0.632. The molecule has 0 amide bonds. The largest absolute Gasteiger partial charge is 0.300 e. The summed E-state index contributed by atoms with van der Waals surface area (Å²) in [6, 6.07) is 8.71. The molecule has 21 heavy (non-hydrogen) atoms. The Hall–Kier alpha value is -1.05. The highest BCUT2D eigenvalue weighted by Crippen LogP contribution is 2.35. The van der Waals surface area contributed by atoms with E-state index in [0.29, 0.717) is 17.6 Å². The number of benzene rings is 1. The van der Waals surface area contributed by atoms with E-state index in [1.807, 2.05) is 0 Å². The molecule has 2 radical (unpaired) electrons. The van der Waals surface area contributed by atoms with Gasteiger partial charge in [0.25, 0.3) is 0 Å². The topological polar surface area (TPSA) is 17.1 Å². The van der Waals surface area contributed by atoms with E-state index in [0.717, 1.165) is 19.3 Å². The van der Waals surface area contributed by atoms with Gasteiger partial charge in [-0.2, -0.15) is 0 Å². The van der Waals surface area contributed by atoms with Crippen LogP contribution in [0.25, 0.3) is 0 Å². The summed E-state index contributed by atoms with van der Waals surface area (Å²) in [6.07, 6.45) is 5.35. The average Bonchev–Trinajstić information content (AvgIpc) is 2.49. The van der Waals surface area contributed by atoms with Crippen LogP contribution in [0.15, 0.2) is 24.3 Å². The summed E-state index contributed by atoms with van der Waals surface area (Å²) in [5.41, 5.74) is 2.87. The van der Waals surface area contributed by atoms with Crippen LogP contribution in [0.5, 0.6) is 0 Å². The number of aryl methyl sites for hydroxylation is 1. The summed E-state index contributed by atoms with van der Waals surface area (Å²) < 4.78 is 0. The summed E-state index contributed by atoms with van der Waals surface area (Å²) in [5.74, 6) is 1.56. The van der Waals surface area contributed by atoms with Gasteiger partial charge in [-0.15, -0.1) is 0 Å². The van der Waals surface area contributed by atoms with Gasteiger partial charge in [0.05, 0.1) is 7.85 Å². The molecule has 1 aromatic rings. The smallest absolute Gasteiger partial charge is 0.129 e. The van der Waals surface area contributed by atoms with E-state index in [-0.39, 0.29) is 0 Å². The van der Waals surface area contributed by atoms with Gasteiger partial charge in [-0.3, -0.25) is 0 Å². The Labute approximate surface area is 132 Å². The van der Waals surface area contributed by atoms with Crippen molar-refractivity contribution >= 4 is 13.6 Å². The second-order valence-electron chi connectivity index (χ2n) is 5.66. The minimum atomic E-state index is 0.320. The van der Waals surface area contributed by atoms with Crippen LogP contribution in [0.4, 0.5) is 0 Å². The minimum Gasteiger partial charge on any atom is -0.300 e. The van der Waals surface area contributed by atoms with Gasteiger partial charge in [0.15, 0.2) is 0 Å². The van der Waals surface area contributed by atoms with E-state index >= 15 is 0 Å². The third-order valence-electron chi connectivity index (χ3n) is 4.12. The lowest BCUT2D eigenvalue weighted by atomic mass is 9.77. The molecule has 2 heteroatoms. The molecule has 0 N–H and O–H groups in total. The van der Waals surface area contributed by atoms with Crippen LogP contribution in [0.3, 0.4) is 0 Å². The number of hydrogen-bond acceptors (Lipinski definition) is 1. The molecule has 116 valence electrons. The number of hydrogen-bond donors (Lipinski definition) is 0. The van der Waals surface area contributed by atoms with E-state index in [1.54, 1.807) is 6.92 Å². The van der Waals surface area contributed by atoms with Crippen LogP contribution in [0, 0.1) is 12.8 Å². The zero-order valence-electron chi connectivity index (χ0n) is 14.5. The van der Waals surface area contributed by atoms with Crippen molar-refractivity contribution in [2.75, 3.05) is 0 Å². The molecule has 1 aromatic carbocycles. The molecule has 0 spiro atoms. The van der Waals surface area contributed by atoms with Gasteiger partial charge in [0.2, 0.25) is 0 Å².